The molecular formula is C18H27N3. The lowest BCUT2D eigenvalue weighted by molar-refractivity contribution is 0.590. The second-order valence-electron chi connectivity index (χ2n) is 5.90. The van der Waals surface area contributed by atoms with Crippen LogP contribution in [0.2, 0.25) is 0 Å². The lowest BCUT2D eigenvalue weighted by Crippen LogP contribution is -2.24. The second kappa shape index (κ2) is 7.99. The molecule has 0 unspecified atom stereocenters. The average molecular weight is 285 g/mol. The zero-order chi connectivity index (χ0) is 15.1. The maximum absolute atomic E-state index is 4.43. The summed E-state index contributed by atoms with van der Waals surface area (Å²) < 4.78 is 2.25. The van der Waals surface area contributed by atoms with Crippen LogP contribution in [0.4, 0.5) is 0 Å². The van der Waals surface area contributed by atoms with Crippen LogP contribution in [0.15, 0.2) is 36.7 Å². The highest BCUT2D eigenvalue weighted by molar-refractivity contribution is 5.23. The third-order valence-electron chi connectivity index (χ3n) is 3.62. The Bertz CT molecular complexity index is 526. The van der Waals surface area contributed by atoms with Crippen LogP contribution >= 0.6 is 0 Å². The van der Waals surface area contributed by atoms with E-state index in [9.17, 15) is 0 Å². The monoisotopic (exact) mass is 285 g/mol. The number of aryl methyl sites for hydroxylation is 1. The Hall–Kier alpha value is -1.61. The fraction of sp³-hybridized carbons (Fsp3) is 0.500. The molecule has 1 aromatic carbocycles. The van der Waals surface area contributed by atoms with Gasteiger partial charge in [0.1, 0.15) is 5.82 Å². The molecule has 3 nitrogen and oxygen atoms in total. The molecule has 0 saturated carbocycles. The summed E-state index contributed by atoms with van der Waals surface area (Å²) in [7, 11) is 0. The Labute approximate surface area is 128 Å². The van der Waals surface area contributed by atoms with Crippen LogP contribution < -0.4 is 5.32 Å². The molecule has 0 aliphatic heterocycles. The number of hydrogen-bond acceptors (Lipinski definition) is 2. The van der Waals surface area contributed by atoms with E-state index in [4.69, 9.17) is 0 Å². The number of aromatic nitrogens is 2. The van der Waals surface area contributed by atoms with Crippen molar-refractivity contribution in [1.82, 2.24) is 14.9 Å². The fourth-order valence-corrected chi connectivity index (χ4v) is 2.45. The SMILES string of the molecule is CCCc1nccn1Cc1ccc(CCNC(C)C)cc1. The van der Waals surface area contributed by atoms with Crippen molar-refractivity contribution in [1.29, 1.82) is 0 Å². The van der Waals surface area contributed by atoms with Crippen LogP contribution in [0.5, 0.6) is 0 Å². The van der Waals surface area contributed by atoms with Gasteiger partial charge in [-0.25, -0.2) is 4.98 Å². The third kappa shape index (κ3) is 5.01. The highest BCUT2D eigenvalue weighted by Crippen LogP contribution is 2.09. The summed E-state index contributed by atoms with van der Waals surface area (Å²) in [5.41, 5.74) is 2.73. The van der Waals surface area contributed by atoms with Crippen LogP contribution in [0.1, 0.15) is 44.1 Å². The molecule has 2 aromatic rings. The van der Waals surface area contributed by atoms with Crippen LogP contribution in [-0.4, -0.2) is 22.1 Å². The predicted molar refractivity (Wildman–Crippen MR) is 88.6 cm³/mol. The van der Waals surface area contributed by atoms with E-state index in [1.807, 2.05) is 6.20 Å². The van der Waals surface area contributed by atoms with Crippen molar-refractivity contribution in [3.05, 3.63) is 53.6 Å². The molecule has 21 heavy (non-hydrogen) atoms. The van der Waals surface area contributed by atoms with Gasteiger partial charge in [-0.2, -0.15) is 0 Å². The summed E-state index contributed by atoms with van der Waals surface area (Å²) in [6, 6.07) is 9.52. The van der Waals surface area contributed by atoms with Gasteiger partial charge in [0.2, 0.25) is 0 Å². The first-order valence-corrected chi connectivity index (χ1v) is 8.00. The predicted octanol–water partition coefficient (Wildman–Crippen LogP) is 3.42. The van der Waals surface area contributed by atoms with Gasteiger partial charge < -0.3 is 9.88 Å². The van der Waals surface area contributed by atoms with Gasteiger partial charge >= 0.3 is 0 Å². The molecule has 114 valence electrons. The summed E-state index contributed by atoms with van der Waals surface area (Å²) in [5.74, 6) is 1.18. The minimum Gasteiger partial charge on any atom is -0.331 e. The van der Waals surface area contributed by atoms with Crippen molar-refractivity contribution in [2.75, 3.05) is 6.54 Å². The van der Waals surface area contributed by atoms with Gasteiger partial charge in [0.15, 0.2) is 0 Å². The summed E-state index contributed by atoms with van der Waals surface area (Å²) in [6.45, 7) is 8.52. The zero-order valence-corrected chi connectivity index (χ0v) is 13.5. The molecule has 1 heterocycles. The second-order valence-corrected chi connectivity index (χ2v) is 5.90. The maximum Gasteiger partial charge on any atom is 0.108 e. The standard InChI is InChI=1S/C18H27N3/c1-4-5-18-20-12-13-21(18)14-17-8-6-16(7-9-17)10-11-19-15(2)3/h6-9,12-13,15,19H,4-5,10-11,14H2,1-3H3. The number of nitrogens with one attached hydrogen (secondary N) is 1. The number of imidazole rings is 1. The molecule has 0 aliphatic rings. The quantitative estimate of drug-likeness (QED) is 0.805. The Kier molecular flexibility index (Phi) is 6.00. The van der Waals surface area contributed by atoms with E-state index in [-0.39, 0.29) is 0 Å². The number of hydrogen-bond donors (Lipinski definition) is 1. The Morgan fingerprint density at radius 3 is 2.48 bits per heavy atom. The highest BCUT2D eigenvalue weighted by atomic mass is 15.1. The summed E-state index contributed by atoms with van der Waals surface area (Å²) >= 11 is 0. The largest absolute Gasteiger partial charge is 0.331 e. The van der Waals surface area contributed by atoms with Crippen molar-refractivity contribution in [2.24, 2.45) is 0 Å². The van der Waals surface area contributed by atoms with Crippen molar-refractivity contribution < 1.29 is 0 Å². The molecule has 2 rings (SSSR count). The van der Waals surface area contributed by atoms with Crippen LogP contribution in [0.25, 0.3) is 0 Å². The minimum absolute atomic E-state index is 0.558. The van der Waals surface area contributed by atoms with E-state index in [1.54, 1.807) is 0 Å². The fourth-order valence-electron chi connectivity index (χ4n) is 2.45. The average Bonchev–Trinajstić information content (AvgIpc) is 2.88. The van der Waals surface area contributed by atoms with Crippen molar-refractivity contribution in [2.45, 2.75) is 52.6 Å². The van der Waals surface area contributed by atoms with E-state index in [2.05, 4.69) is 66.1 Å². The van der Waals surface area contributed by atoms with Crippen molar-refractivity contribution >= 4 is 0 Å². The summed E-state index contributed by atoms with van der Waals surface area (Å²) in [6.07, 6.45) is 7.25. The van der Waals surface area contributed by atoms with Crippen LogP contribution in [0.3, 0.4) is 0 Å². The number of benzene rings is 1. The van der Waals surface area contributed by atoms with E-state index in [1.165, 1.54) is 17.0 Å². The first-order chi connectivity index (χ1) is 10.2. The molecule has 0 saturated heterocycles. The van der Waals surface area contributed by atoms with Crippen molar-refractivity contribution in [3.63, 3.8) is 0 Å². The van der Waals surface area contributed by atoms with E-state index in [0.717, 1.165) is 32.4 Å². The summed E-state index contributed by atoms with van der Waals surface area (Å²) in [5, 5.41) is 3.45. The number of rotatable bonds is 8. The third-order valence-corrected chi connectivity index (χ3v) is 3.62. The number of nitrogens with zero attached hydrogens (tertiary/aromatic N) is 2. The zero-order valence-electron chi connectivity index (χ0n) is 13.5. The lowest BCUT2D eigenvalue weighted by Gasteiger charge is -2.10. The normalized spacial score (nSPS) is 11.2. The van der Waals surface area contributed by atoms with Gasteiger partial charge in [0.25, 0.3) is 0 Å². The van der Waals surface area contributed by atoms with E-state index < -0.39 is 0 Å². The van der Waals surface area contributed by atoms with Gasteiger partial charge in [-0.05, 0) is 30.5 Å². The van der Waals surface area contributed by atoms with Gasteiger partial charge in [-0.15, -0.1) is 0 Å². The van der Waals surface area contributed by atoms with E-state index >= 15 is 0 Å². The van der Waals surface area contributed by atoms with Crippen molar-refractivity contribution in [3.8, 4) is 0 Å². The maximum atomic E-state index is 4.43. The Balaban J connectivity index is 1.91. The molecule has 0 aliphatic carbocycles. The van der Waals surface area contributed by atoms with Crippen LogP contribution in [0, 0.1) is 0 Å². The smallest absolute Gasteiger partial charge is 0.108 e. The molecular weight excluding hydrogens is 258 g/mol. The van der Waals surface area contributed by atoms with E-state index in [0.29, 0.717) is 6.04 Å². The molecule has 0 amide bonds. The molecule has 1 aromatic heterocycles. The van der Waals surface area contributed by atoms with Gasteiger partial charge in [0, 0.05) is 31.4 Å². The molecule has 0 radical (unpaired) electrons. The lowest BCUT2D eigenvalue weighted by atomic mass is 10.1. The highest BCUT2D eigenvalue weighted by Gasteiger charge is 2.03. The topological polar surface area (TPSA) is 29.9 Å². The molecule has 0 atom stereocenters. The van der Waals surface area contributed by atoms with Crippen LogP contribution in [-0.2, 0) is 19.4 Å². The Morgan fingerprint density at radius 2 is 1.81 bits per heavy atom. The minimum atomic E-state index is 0.558. The molecule has 0 fully saturated rings. The molecule has 0 spiro atoms. The Morgan fingerprint density at radius 1 is 1.10 bits per heavy atom. The molecule has 1 N–H and O–H groups in total. The van der Waals surface area contributed by atoms with Gasteiger partial charge in [0.05, 0.1) is 0 Å². The first-order valence-electron chi connectivity index (χ1n) is 8.00. The first kappa shape index (κ1) is 15.8. The summed E-state index contributed by atoms with van der Waals surface area (Å²) in [4.78, 5) is 4.43. The molecule has 3 heteroatoms. The van der Waals surface area contributed by atoms with Gasteiger partial charge in [-0.1, -0.05) is 45.0 Å². The van der Waals surface area contributed by atoms with Gasteiger partial charge in [-0.3, -0.25) is 0 Å². The molecule has 0 bridgehead atoms.